The van der Waals surface area contributed by atoms with Gasteiger partial charge in [-0.15, -0.1) is 10.2 Å². The van der Waals surface area contributed by atoms with Crippen molar-refractivity contribution in [2.24, 2.45) is 0 Å². The lowest BCUT2D eigenvalue weighted by molar-refractivity contribution is -0.118. The van der Waals surface area contributed by atoms with E-state index in [1.165, 1.54) is 17.8 Å². The minimum atomic E-state index is -0.257. The summed E-state index contributed by atoms with van der Waals surface area (Å²) in [7, 11) is 1.60. The highest BCUT2D eigenvalue weighted by Gasteiger charge is 2.11. The van der Waals surface area contributed by atoms with Gasteiger partial charge in [0, 0.05) is 12.6 Å². The fraction of sp³-hybridized carbons (Fsp3) is 0.211. The number of methoxy groups -OCH3 is 1. The molecule has 140 valence electrons. The molecule has 0 fully saturated rings. The average Bonchev–Trinajstić information content (AvgIpc) is 3.16. The number of aromatic nitrogens is 3. The van der Waals surface area contributed by atoms with Gasteiger partial charge in [-0.25, -0.2) is 4.39 Å². The Bertz CT molecular complexity index is 916. The van der Waals surface area contributed by atoms with E-state index in [-0.39, 0.29) is 17.5 Å². The molecule has 3 aromatic rings. The number of amides is 1. The van der Waals surface area contributed by atoms with Gasteiger partial charge in [-0.2, -0.15) is 0 Å². The summed E-state index contributed by atoms with van der Waals surface area (Å²) in [6.45, 7) is 0.378. The molecule has 0 saturated heterocycles. The Kier molecular flexibility index (Phi) is 6.43. The van der Waals surface area contributed by atoms with Crippen molar-refractivity contribution in [3.63, 3.8) is 0 Å². The minimum absolute atomic E-state index is 0.142. The van der Waals surface area contributed by atoms with Crippen molar-refractivity contribution in [1.29, 1.82) is 0 Å². The standard InChI is InChI=1S/C19H19FN4O2S/c1-26-16-7-4-6-15(11-16)24-13-22-23-19(24)27-12-18(25)21-10-9-14-5-2-3-8-17(14)20/h2-8,11,13H,9-10,12H2,1H3,(H,21,25). The highest BCUT2D eigenvalue weighted by Crippen LogP contribution is 2.22. The molecule has 1 amide bonds. The average molecular weight is 386 g/mol. The Hall–Kier alpha value is -2.87. The molecule has 3 rings (SSSR count). The SMILES string of the molecule is COc1cccc(-n2cnnc2SCC(=O)NCCc2ccccc2F)c1. The Morgan fingerprint density at radius 2 is 2.11 bits per heavy atom. The van der Waals surface area contributed by atoms with Crippen molar-refractivity contribution in [2.75, 3.05) is 19.4 Å². The maximum absolute atomic E-state index is 13.6. The van der Waals surface area contributed by atoms with Gasteiger partial charge >= 0.3 is 0 Å². The highest BCUT2D eigenvalue weighted by atomic mass is 32.2. The van der Waals surface area contributed by atoms with Gasteiger partial charge in [0.1, 0.15) is 17.9 Å². The number of rotatable bonds is 8. The molecule has 2 aromatic carbocycles. The molecular weight excluding hydrogens is 367 g/mol. The van der Waals surface area contributed by atoms with Crippen LogP contribution in [0.4, 0.5) is 4.39 Å². The lowest BCUT2D eigenvalue weighted by Crippen LogP contribution is -2.27. The molecule has 0 aliphatic heterocycles. The molecule has 8 heteroatoms. The normalized spacial score (nSPS) is 10.6. The molecule has 0 radical (unpaired) electrons. The van der Waals surface area contributed by atoms with Crippen molar-refractivity contribution in [3.8, 4) is 11.4 Å². The molecule has 1 heterocycles. The molecule has 0 atom stereocenters. The molecule has 0 bridgehead atoms. The number of hydrogen-bond donors (Lipinski definition) is 1. The smallest absolute Gasteiger partial charge is 0.230 e. The van der Waals surface area contributed by atoms with Crippen molar-refractivity contribution in [1.82, 2.24) is 20.1 Å². The molecule has 1 N–H and O–H groups in total. The van der Waals surface area contributed by atoms with E-state index in [1.807, 2.05) is 24.3 Å². The molecule has 27 heavy (non-hydrogen) atoms. The van der Waals surface area contributed by atoms with Crippen LogP contribution in [0.2, 0.25) is 0 Å². The number of ether oxygens (including phenoxy) is 1. The van der Waals surface area contributed by atoms with Gasteiger partial charge in [-0.05, 0) is 30.2 Å². The molecule has 1 aromatic heterocycles. The van der Waals surface area contributed by atoms with Crippen LogP contribution in [0.3, 0.4) is 0 Å². The number of carbonyl (C=O) groups excluding carboxylic acids is 1. The van der Waals surface area contributed by atoms with E-state index in [2.05, 4.69) is 15.5 Å². The number of nitrogens with one attached hydrogen (secondary N) is 1. The molecule has 0 aliphatic rings. The third-order valence-corrected chi connectivity index (χ3v) is 4.80. The molecule has 0 unspecified atom stereocenters. The van der Waals surface area contributed by atoms with E-state index in [9.17, 15) is 9.18 Å². The molecule has 6 nitrogen and oxygen atoms in total. The van der Waals surface area contributed by atoms with Gasteiger partial charge in [-0.1, -0.05) is 36.0 Å². The summed E-state index contributed by atoms with van der Waals surface area (Å²) in [6, 6.07) is 14.0. The number of carbonyl (C=O) groups is 1. The van der Waals surface area contributed by atoms with Crippen LogP contribution in [0.15, 0.2) is 60.0 Å². The minimum Gasteiger partial charge on any atom is -0.497 e. The number of thioether (sulfide) groups is 1. The van der Waals surface area contributed by atoms with E-state index < -0.39 is 0 Å². The Morgan fingerprint density at radius 3 is 2.93 bits per heavy atom. The van der Waals surface area contributed by atoms with Gasteiger partial charge < -0.3 is 10.1 Å². The van der Waals surface area contributed by atoms with E-state index in [0.717, 1.165) is 11.4 Å². The first-order chi connectivity index (χ1) is 13.2. The number of benzene rings is 2. The monoisotopic (exact) mass is 386 g/mol. The lowest BCUT2D eigenvalue weighted by Gasteiger charge is -2.08. The Balaban J connectivity index is 1.52. The van der Waals surface area contributed by atoms with Crippen LogP contribution in [0.25, 0.3) is 5.69 Å². The summed E-state index contributed by atoms with van der Waals surface area (Å²) in [4.78, 5) is 12.1. The molecular formula is C19H19FN4O2S. The van der Waals surface area contributed by atoms with Crippen LogP contribution in [0.5, 0.6) is 5.75 Å². The van der Waals surface area contributed by atoms with E-state index in [0.29, 0.717) is 23.7 Å². The van der Waals surface area contributed by atoms with Crippen LogP contribution in [-0.2, 0) is 11.2 Å². The molecule has 0 spiro atoms. The van der Waals surface area contributed by atoms with Gasteiger partial charge in [0.15, 0.2) is 5.16 Å². The predicted molar refractivity (Wildman–Crippen MR) is 102 cm³/mol. The second kappa shape index (κ2) is 9.18. The van der Waals surface area contributed by atoms with Gasteiger partial charge in [0.05, 0.1) is 18.6 Å². The molecule has 0 aliphatic carbocycles. The van der Waals surface area contributed by atoms with Crippen molar-refractivity contribution >= 4 is 17.7 Å². The number of nitrogens with zero attached hydrogens (tertiary/aromatic N) is 3. The first kappa shape index (κ1) is 18.9. The lowest BCUT2D eigenvalue weighted by atomic mass is 10.1. The number of halogens is 1. The summed E-state index contributed by atoms with van der Waals surface area (Å²) in [5, 5.41) is 11.4. The van der Waals surface area contributed by atoms with Gasteiger partial charge in [0.2, 0.25) is 5.91 Å². The van der Waals surface area contributed by atoms with Crippen LogP contribution >= 0.6 is 11.8 Å². The maximum Gasteiger partial charge on any atom is 0.230 e. The third-order valence-electron chi connectivity index (χ3n) is 3.85. The second-order valence-corrected chi connectivity index (χ2v) is 6.61. The third kappa shape index (κ3) is 5.07. The van der Waals surface area contributed by atoms with Crippen LogP contribution < -0.4 is 10.1 Å². The van der Waals surface area contributed by atoms with Crippen LogP contribution in [-0.4, -0.2) is 40.1 Å². The zero-order chi connectivity index (χ0) is 19.1. The topological polar surface area (TPSA) is 69.0 Å². The Morgan fingerprint density at radius 1 is 1.26 bits per heavy atom. The summed E-state index contributed by atoms with van der Waals surface area (Å²) in [5.74, 6) is 0.520. The van der Waals surface area contributed by atoms with E-state index >= 15 is 0 Å². The van der Waals surface area contributed by atoms with Crippen molar-refractivity contribution in [2.45, 2.75) is 11.6 Å². The number of hydrogen-bond acceptors (Lipinski definition) is 5. The Labute approximate surface area is 160 Å². The zero-order valence-electron chi connectivity index (χ0n) is 14.8. The summed E-state index contributed by atoms with van der Waals surface area (Å²) in [5.41, 5.74) is 1.44. The highest BCUT2D eigenvalue weighted by molar-refractivity contribution is 7.99. The summed E-state index contributed by atoms with van der Waals surface area (Å²) < 4.78 is 20.6. The second-order valence-electron chi connectivity index (χ2n) is 5.67. The first-order valence-electron chi connectivity index (χ1n) is 8.34. The van der Waals surface area contributed by atoms with Crippen LogP contribution in [0, 0.1) is 5.82 Å². The summed E-state index contributed by atoms with van der Waals surface area (Å²) >= 11 is 1.28. The fourth-order valence-electron chi connectivity index (χ4n) is 2.48. The summed E-state index contributed by atoms with van der Waals surface area (Å²) in [6.07, 6.45) is 2.04. The van der Waals surface area contributed by atoms with Crippen molar-refractivity contribution < 1.29 is 13.9 Å². The van der Waals surface area contributed by atoms with Gasteiger partial charge in [-0.3, -0.25) is 9.36 Å². The quantitative estimate of drug-likeness (QED) is 0.603. The molecule has 0 saturated carbocycles. The fourth-order valence-corrected chi connectivity index (χ4v) is 3.24. The van der Waals surface area contributed by atoms with Crippen molar-refractivity contribution in [3.05, 3.63) is 66.2 Å². The maximum atomic E-state index is 13.6. The van der Waals surface area contributed by atoms with Gasteiger partial charge in [0.25, 0.3) is 0 Å². The predicted octanol–water partition coefficient (Wildman–Crippen LogP) is 2.87. The largest absolute Gasteiger partial charge is 0.497 e. The zero-order valence-corrected chi connectivity index (χ0v) is 15.6. The van der Waals surface area contributed by atoms with E-state index in [1.54, 1.807) is 36.2 Å². The van der Waals surface area contributed by atoms with Crippen LogP contribution in [0.1, 0.15) is 5.56 Å². The first-order valence-corrected chi connectivity index (χ1v) is 9.33. The van der Waals surface area contributed by atoms with E-state index in [4.69, 9.17) is 4.74 Å².